The van der Waals surface area contributed by atoms with Crippen LogP contribution in [-0.2, 0) is 32.9 Å². The average molecular weight is 1990 g/mol. The second-order valence-corrected chi connectivity index (χ2v) is 37.0. The Kier molecular flexibility index (Phi) is 31.3. The number of nitrogens with two attached hydrogens (primary N) is 3. The first-order valence-electron chi connectivity index (χ1n) is 44.1. The van der Waals surface area contributed by atoms with Crippen molar-refractivity contribution in [1.82, 2.24) is 74.3 Å². The van der Waals surface area contributed by atoms with Crippen molar-refractivity contribution in [3.05, 3.63) is 140 Å². The van der Waals surface area contributed by atoms with Gasteiger partial charge in [0.2, 0.25) is 0 Å². The highest BCUT2D eigenvalue weighted by Crippen LogP contribution is 2.49. The second kappa shape index (κ2) is 41.8. The van der Waals surface area contributed by atoms with Crippen LogP contribution in [0.3, 0.4) is 0 Å². The number of carbonyl (C=O) groups excluding carboxylic acids is 3. The van der Waals surface area contributed by atoms with Crippen molar-refractivity contribution in [3.63, 3.8) is 0 Å². The number of pyridine rings is 3. The van der Waals surface area contributed by atoms with E-state index in [1.807, 2.05) is 30.9 Å². The van der Waals surface area contributed by atoms with Crippen LogP contribution in [0, 0.1) is 55.3 Å². The van der Waals surface area contributed by atoms with Crippen LogP contribution in [0.4, 0.5) is 92.0 Å². The van der Waals surface area contributed by atoms with Crippen molar-refractivity contribution >= 4 is 120 Å². The van der Waals surface area contributed by atoms with Gasteiger partial charge in [-0.2, -0.15) is 79.9 Å². The molecule has 0 saturated carbocycles. The van der Waals surface area contributed by atoms with Crippen molar-refractivity contribution in [3.8, 4) is 63.9 Å². The van der Waals surface area contributed by atoms with E-state index < -0.39 is 124 Å². The maximum Gasteiger partial charge on any atom is 0.418 e. The van der Waals surface area contributed by atoms with Crippen molar-refractivity contribution in [2.45, 2.75) is 154 Å². The normalized spacial score (nSPS) is 21.2. The number of nitrogen functional groups attached to an aromatic ring is 3. The molecular weight excluding hydrogens is 1890 g/mol. The van der Waals surface area contributed by atoms with Crippen LogP contribution in [0.15, 0.2) is 91.8 Å². The number of halogens is 16. The number of ether oxygens (including phenoxy) is 3. The lowest BCUT2D eigenvalue weighted by atomic mass is 9.99. The molecule has 5 unspecified atom stereocenters. The molecule has 138 heavy (non-hydrogen) atoms. The van der Waals surface area contributed by atoms with E-state index in [0.29, 0.717) is 39.6 Å². The van der Waals surface area contributed by atoms with E-state index in [0.717, 1.165) is 68.4 Å². The van der Waals surface area contributed by atoms with Gasteiger partial charge in [-0.3, -0.25) is 24.2 Å². The number of piperazine rings is 3. The fourth-order valence-corrected chi connectivity index (χ4v) is 19.7. The Morgan fingerprint density at radius 2 is 0.783 bits per heavy atom. The molecule has 0 aliphatic carbocycles. The molecule has 3 amide bonds. The Morgan fingerprint density at radius 1 is 0.442 bits per heavy atom. The minimum Gasteiger partial charge on any atom is -0.462 e. The van der Waals surface area contributed by atoms with Gasteiger partial charge in [0, 0.05) is 122 Å². The first-order chi connectivity index (χ1) is 64.9. The Balaban J connectivity index is 0.000000175. The van der Waals surface area contributed by atoms with Crippen LogP contribution in [-0.4, -0.2) is 253 Å². The maximum atomic E-state index is 14.3. The molecule has 0 bridgehead atoms. The predicted octanol–water partition coefficient (Wildman–Crippen LogP) is 16.7. The zero-order chi connectivity index (χ0) is 101. The SMILES string of the molecule is C=C(F)C(=O)N1CC(C)N(c2nc(OC[C@@H]3CC(C)CN3C)nc3cc(-c4nc(N)cc(C)c4C(F)(F)F)c(Cl)cc23)CC1CC#N.C=C(F)C(=O)N1CC(C)N(c2nc(OC[C@@H]3C[C@@H](C)CN3C)nc3cc(-c4nc(N)cc(C)c4C(F)(F)F)c(Cl)cc23)C[C@H]1CC#N.C=C(F)C(=O)N1CCN(c2nc(OC[C@@H]3CCCN3C)nc3cc(-c4nc(N)cc(C)c4C(F)(F)F)c(Cl)cc23)CC1CF. The Bertz CT molecular complexity index is 6060. The summed E-state index contributed by atoms with van der Waals surface area (Å²) >= 11 is 20.0. The van der Waals surface area contributed by atoms with Gasteiger partial charge >= 0.3 is 36.6 Å². The van der Waals surface area contributed by atoms with Gasteiger partial charge in [-0.15, -0.1) is 0 Å². The molecule has 6 fully saturated rings. The summed E-state index contributed by atoms with van der Waals surface area (Å²) in [5, 5.41) is 20.0. The predicted molar refractivity (Wildman–Crippen MR) is 498 cm³/mol. The number of rotatable bonds is 21. The van der Waals surface area contributed by atoms with Gasteiger partial charge < -0.3 is 65.7 Å². The fraction of sp³-hybridized carbons (Fsp3) is 0.462. The highest BCUT2D eigenvalue weighted by Gasteiger charge is 2.45. The molecule has 45 heteroatoms. The third-order valence-electron chi connectivity index (χ3n) is 25.6. The number of likely N-dealkylation sites (tertiary alicyclic amines) is 3. The molecule has 10 atom stereocenters. The van der Waals surface area contributed by atoms with Crippen LogP contribution in [0.1, 0.15) is 99.6 Å². The summed E-state index contributed by atoms with van der Waals surface area (Å²) < 4.78 is 202. The van der Waals surface area contributed by atoms with Gasteiger partial charge in [0.1, 0.15) is 61.4 Å². The fourth-order valence-electron chi connectivity index (χ4n) is 19.0. The third kappa shape index (κ3) is 22.5. The summed E-state index contributed by atoms with van der Waals surface area (Å²) in [6.45, 7) is 24.0. The van der Waals surface area contributed by atoms with Crippen LogP contribution < -0.4 is 46.1 Å². The Morgan fingerprint density at radius 3 is 1.09 bits per heavy atom. The highest BCUT2D eigenvalue weighted by molar-refractivity contribution is 6.35. The molecule has 29 nitrogen and oxygen atoms in total. The third-order valence-corrected chi connectivity index (χ3v) is 26.5. The number of anilines is 6. The molecule has 6 aliphatic rings. The van der Waals surface area contributed by atoms with Crippen molar-refractivity contribution in [2.75, 3.05) is 145 Å². The second-order valence-electron chi connectivity index (χ2n) is 35.8. The number of aromatic nitrogens is 9. The first-order valence-corrected chi connectivity index (χ1v) is 45.2. The molecule has 3 aromatic carbocycles. The van der Waals surface area contributed by atoms with E-state index in [4.69, 9.17) is 76.2 Å². The van der Waals surface area contributed by atoms with E-state index in [-0.39, 0.29) is 203 Å². The minimum atomic E-state index is -4.75. The van der Waals surface area contributed by atoms with Crippen LogP contribution >= 0.6 is 34.8 Å². The smallest absolute Gasteiger partial charge is 0.418 e. The largest absolute Gasteiger partial charge is 0.462 e. The summed E-state index contributed by atoms with van der Waals surface area (Å²) in [4.78, 5) is 92.9. The number of hydrogen-bond acceptors (Lipinski definition) is 26. The lowest BCUT2D eigenvalue weighted by molar-refractivity contribution is -0.138. The summed E-state index contributed by atoms with van der Waals surface area (Å²) in [6, 6.07) is 13.0. The zero-order valence-electron chi connectivity index (χ0n) is 76.9. The van der Waals surface area contributed by atoms with Crippen molar-refractivity contribution in [2.24, 2.45) is 11.8 Å². The standard InChI is InChI=1S/2C32H35ClF4N8O2.C29H31ClF5N7O2/c2*1-16-8-21(43(5)12-16)15-47-31-40-25-11-22(28-27(32(35,36)37)17(2)9-26(39)41-28)24(33)10-23(25)29(42-31)44-14-20(6-7-38)45(13-18(44)3)30(46)19(4)34;1-15-9-23(36)38-25(24(15)29(33,34)35)19-11-22-20(10-21(19)30)26(39-28(37-22)44-14-17-5-4-6-40(17)3)41-7-8-42(18(12-31)13-41)27(43)16(2)32/h2*9-11,16,18,20-21H,4,6,8,12-15H2,1-3,5H3,(H2,39,41);9-11,17-18H,2,4-8,12-14H2,1,3H3,(H2,36,38)/t16?,18?,20?,21-;16-,18?,20-,21+;17-,18?/m010/s1. The molecule has 736 valence electrons. The number of alkyl halides is 10. The van der Waals surface area contributed by atoms with Crippen molar-refractivity contribution < 1.29 is 85.7 Å². The van der Waals surface area contributed by atoms with Crippen LogP contribution in [0.5, 0.6) is 18.0 Å². The van der Waals surface area contributed by atoms with E-state index in [1.165, 1.54) is 67.0 Å². The quantitative estimate of drug-likeness (QED) is 0.0444. The van der Waals surface area contributed by atoms with E-state index >= 15 is 0 Å². The Labute approximate surface area is 801 Å². The van der Waals surface area contributed by atoms with E-state index in [2.05, 4.69) is 95.3 Å². The van der Waals surface area contributed by atoms with Gasteiger partial charge in [-0.05, 0) is 171 Å². The number of benzene rings is 3. The molecule has 12 heterocycles. The summed E-state index contributed by atoms with van der Waals surface area (Å²) in [5.41, 5.74) is 13.6. The minimum absolute atomic E-state index is 0.0128. The molecule has 6 saturated heterocycles. The average Bonchev–Trinajstić information content (AvgIpc) is 0.874. The lowest BCUT2D eigenvalue weighted by Crippen LogP contribution is -2.59. The number of aryl methyl sites for hydroxylation is 3. The topological polar surface area (TPSA) is 350 Å². The van der Waals surface area contributed by atoms with Crippen molar-refractivity contribution in [1.29, 1.82) is 10.5 Å². The molecular formula is C93H101Cl3F13N23O6. The highest BCUT2D eigenvalue weighted by atomic mass is 35.5. The summed E-state index contributed by atoms with van der Waals surface area (Å²) in [7, 11) is 5.98. The molecule has 6 aliphatic heterocycles. The van der Waals surface area contributed by atoms with E-state index in [1.54, 1.807) is 18.7 Å². The molecule has 0 spiro atoms. The number of hydrogen-bond donors (Lipinski definition) is 3. The maximum absolute atomic E-state index is 14.3. The molecule has 9 aromatic rings. The monoisotopic (exact) mass is 1990 g/mol. The number of amides is 3. The summed E-state index contributed by atoms with van der Waals surface area (Å²) in [5.74, 6) is -4.70. The van der Waals surface area contributed by atoms with Gasteiger partial charge in [-0.25, -0.2) is 32.5 Å². The Hall–Kier alpha value is -12.2. The number of nitrogens with zero attached hydrogens (tertiary/aromatic N) is 20. The van der Waals surface area contributed by atoms with Gasteiger partial charge in [0.15, 0.2) is 17.5 Å². The van der Waals surface area contributed by atoms with Gasteiger partial charge in [-0.1, -0.05) is 68.4 Å². The number of likely N-dealkylation sites (N-methyl/N-ethyl adjacent to an activating group) is 3. The number of fused-ring (bicyclic) bond motifs is 3. The molecule has 0 radical (unpaired) electrons. The summed E-state index contributed by atoms with van der Waals surface area (Å²) in [6.07, 6.45) is -10.7. The first kappa shape index (κ1) is 103. The van der Waals surface area contributed by atoms with Crippen LogP contribution in [0.2, 0.25) is 15.1 Å². The van der Waals surface area contributed by atoms with E-state index in [9.17, 15) is 82.0 Å². The van der Waals surface area contributed by atoms with Crippen LogP contribution in [0.25, 0.3) is 66.5 Å². The number of nitriles is 2. The molecule has 6 aromatic heterocycles. The van der Waals surface area contributed by atoms with Gasteiger partial charge in [0.05, 0.1) is 108 Å². The molecule has 15 rings (SSSR count). The lowest BCUT2D eigenvalue weighted by Gasteiger charge is -2.45. The zero-order valence-corrected chi connectivity index (χ0v) is 79.2. The number of carbonyl (C=O) groups is 3. The molecule has 6 N–H and O–H groups in total. The van der Waals surface area contributed by atoms with Gasteiger partial charge in [0.25, 0.3) is 17.7 Å².